The van der Waals surface area contributed by atoms with Crippen LogP contribution < -0.4 is 10.6 Å². The molecule has 4 aromatic rings. The standard InChI is InChI=1S/C30H29N5O3S/c1-2-20-9-3-4-12-23(20)32-26(36)15-18-35-28(27(33-30(35)39)24-13-5-6-16-31-24)25-14-8-17-34(25)22-11-7-10-21(19-22)29(37)38/h3-14,16-17,19,27-28H,2,15,18H2,1H3,(H,32,36)(H,33,39)(H,37,38)/t27-,28+/m1/s1. The monoisotopic (exact) mass is 539 g/mol. The number of thiocarbonyl (C=S) groups is 1. The van der Waals surface area contributed by atoms with Crippen molar-refractivity contribution in [1.29, 1.82) is 0 Å². The van der Waals surface area contributed by atoms with Gasteiger partial charge in [-0.3, -0.25) is 9.78 Å². The average Bonchev–Trinajstić information content (AvgIpc) is 3.57. The summed E-state index contributed by atoms with van der Waals surface area (Å²) in [7, 11) is 0. The number of carbonyl (C=O) groups excluding carboxylic acids is 1. The fourth-order valence-corrected chi connectivity index (χ4v) is 5.34. The van der Waals surface area contributed by atoms with Crippen molar-refractivity contribution in [2.45, 2.75) is 31.8 Å². The lowest BCUT2D eigenvalue weighted by Gasteiger charge is -2.29. The van der Waals surface area contributed by atoms with E-state index in [1.54, 1.807) is 24.4 Å². The normalized spacial score (nSPS) is 16.6. The van der Waals surface area contributed by atoms with Gasteiger partial charge in [0.15, 0.2) is 5.11 Å². The minimum absolute atomic E-state index is 0.0942. The Hall–Kier alpha value is -4.50. The second-order valence-corrected chi connectivity index (χ2v) is 9.67. The number of hydrogen-bond acceptors (Lipinski definition) is 4. The van der Waals surface area contributed by atoms with Crippen molar-refractivity contribution in [2.75, 3.05) is 11.9 Å². The summed E-state index contributed by atoms with van der Waals surface area (Å²) in [5, 5.41) is 16.5. The Morgan fingerprint density at radius 2 is 1.87 bits per heavy atom. The summed E-state index contributed by atoms with van der Waals surface area (Å²) in [6, 6.07) is 23.7. The summed E-state index contributed by atoms with van der Waals surface area (Å²) in [4.78, 5) is 31.2. The maximum absolute atomic E-state index is 13.0. The molecule has 39 heavy (non-hydrogen) atoms. The van der Waals surface area contributed by atoms with Crippen molar-refractivity contribution in [3.63, 3.8) is 0 Å². The van der Waals surface area contributed by atoms with Crippen molar-refractivity contribution in [3.8, 4) is 5.69 Å². The van der Waals surface area contributed by atoms with Crippen LogP contribution in [0.5, 0.6) is 0 Å². The lowest BCUT2D eigenvalue weighted by Crippen LogP contribution is -2.33. The minimum atomic E-state index is -0.988. The summed E-state index contributed by atoms with van der Waals surface area (Å²) in [5.41, 5.74) is 4.55. The zero-order valence-electron chi connectivity index (χ0n) is 21.4. The minimum Gasteiger partial charge on any atom is -0.478 e. The van der Waals surface area contributed by atoms with Crippen LogP contribution in [0.1, 0.15) is 52.7 Å². The third-order valence-corrected chi connectivity index (χ3v) is 7.26. The molecular weight excluding hydrogens is 510 g/mol. The molecule has 1 fully saturated rings. The van der Waals surface area contributed by atoms with Gasteiger partial charge in [-0.25, -0.2) is 4.79 Å². The van der Waals surface area contributed by atoms with Crippen LogP contribution in [-0.2, 0) is 11.2 Å². The Morgan fingerprint density at radius 3 is 2.64 bits per heavy atom. The summed E-state index contributed by atoms with van der Waals surface area (Å²) in [6.07, 6.45) is 4.71. The number of hydrogen-bond donors (Lipinski definition) is 3. The fraction of sp³-hybridized carbons (Fsp3) is 0.200. The number of carbonyl (C=O) groups is 2. The van der Waals surface area contributed by atoms with E-state index in [-0.39, 0.29) is 30.0 Å². The summed E-state index contributed by atoms with van der Waals surface area (Å²) in [5.74, 6) is -1.08. The molecule has 0 radical (unpaired) electrons. The second-order valence-electron chi connectivity index (χ2n) is 9.29. The number of pyridine rings is 1. The Kier molecular flexibility index (Phi) is 7.69. The molecule has 1 amide bonds. The number of anilines is 1. The van der Waals surface area contributed by atoms with E-state index in [9.17, 15) is 14.7 Å². The van der Waals surface area contributed by atoms with E-state index in [1.807, 2.05) is 76.3 Å². The van der Waals surface area contributed by atoms with Gasteiger partial charge < -0.3 is 25.2 Å². The molecule has 2 atom stereocenters. The first-order valence-corrected chi connectivity index (χ1v) is 13.2. The van der Waals surface area contributed by atoms with Crippen molar-refractivity contribution in [1.82, 2.24) is 19.8 Å². The maximum Gasteiger partial charge on any atom is 0.335 e. The molecule has 8 nitrogen and oxygen atoms in total. The molecule has 0 saturated carbocycles. The van der Waals surface area contributed by atoms with Crippen LogP contribution in [0.2, 0.25) is 0 Å². The van der Waals surface area contributed by atoms with Gasteiger partial charge >= 0.3 is 5.97 Å². The van der Waals surface area contributed by atoms with E-state index in [2.05, 4.69) is 22.5 Å². The molecule has 5 rings (SSSR count). The zero-order valence-corrected chi connectivity index (χ0v) is 22.3. The molecule has 2 aromatic heterocycles. The molecule has 198 valence electrons. The van der Waals surface area contributed by atoms with Crippen LogP contribution in [0.15, 0.2) is 91.3 Å². The predicted molar refractivity (Wildman–Crippen MR) is 154 cm³/mol. The predicted octanol–water partition coefficient (Wildman–Crippen LogP) is 5.13. The van der Waals surface area contributed by atoms with Gasteiger partial charge in [0.2, 0.25) is 5.91 Å². The van der Waals surface area contributed by atoms with E-state index in [0.29, 0.717) is 11.7 Å². The Bertz CT molecular complexity index is 1500. The number of aromatic carboxylic acids is 1. The van der Waals surface area contributed by atoms with E-state index in [0.717, 1.165) is 34.7 Å². The molecule has 2 aromatic carbocycles. The third kappa shape index (κ3) is 5.53. The molecular formula is C30H29N5O3S. The Balaban J connectivity index is 1.46. The topological polar surface area (TPSA) is 99.5 Å². The number of nitrogens with one attached hydrogen (secondary N) is 2. The SMILES string of the molecule is CCc1ccccc1NC(=O)CCN1C(=S)N[C@H](c2ccccn2)[C@@H]1c1cccn1-c1cccc(C(=O)O)c1. The molecule has 0 aliphatic carbocycles. The van der Waals surface area contributed by atoms with Crippen molar-refractivity contribution >= 4 is 34.9 Å². The Morgan fingerprint density at radius 1 is 1.05 bits per heavy atom. The van der Waals surface area contributed by atoms with Crippen LogP contribution in [0.3, 0.4) is 0 Å². The number of benzene rings is 2. The number of nitrogens with zero attached hydrogens (tertiary/aromatic N) is 3. The van der Waals surface area contributed by atoms with Crippen LogP contribution in [-0.4, -0.2) is 43.1 Å². The molecule has 1 aliphatic rings. The summed E-state index contributed by atoms with van der Waals surface area (Å²) >= 11 is 5.77. The molecule has 1 saturated heterocycles. The molecule has 0 bridgehead atoms. The van der Waals surface area contributed by atoms with Crippen molar-refractivity contribution in [2.24, 2.45) is 0 Å². The van der Waals surface area contributed by atoms with Crippen molar-refractivity contribution in [3.05, 3.63) is 114 Å². The van der Waals surface area contributed by atoms with E-state index >= 15 is 0 Å². The highest BCUT2D eigenvalue weighted by Crippen LogP contribution is 2.39. The van der Waals surface area contributed by atoms with Crippen LogP contribution in [0.4, 0.5) is 5.69 Å². The molecule has 9 heteroatoms. The van der Waals surface area contributed by atoms with Gasteiger partial charge in [0, 0.05) is 42.4 Å². The largest absolute Gasteiger partial charge is 0.478 e. The summed E-state index contributed by atoms with van der Waals surface area (Å²) in [6.45, 7) is 2.45. The molecule has 3 N–H and O–H groups in total. The van der Waals surface area contributed by atoms with Crippen LogP contribution in [0, 0.1) is 0 Å². The van der Waals surface area contributed by atoms with Gasteiger partial charge in [-0.2, -0.15) is 0 Å². The van der Waals surface area contributed by atoms with Crippen LogP contribution in [0.25, 0.3) is 5.69 Å². The number of amides is 1. The molecule has 0 spiro atoms. The number of carboxylic acids is 1. The quantitative estimate of drug-likeness (QED) is 0.254. The Labute approximate surface area is 232 Å². The number of carboxylic acid groups (broad SMARTS) is 1. The maximum atomic E-state index is 13.0. The summed E-state index contributed by atoms with van der Waals surface area (Å²) < 4.78 is 1.97. The highest BCUT2D eigenvalue weighted by molar-refractivity contribution is 7.80. The smallest absolute Gasteiger partial charge is 0.335 e. The van der Waals surface area contributed by atoms with Crippen molar-refractivity contribution < 1.29 is 14.7 Å². The first-order chi connectivity index (χ1) is 19.0. The lowest BCUT2D eigenvalue weighted by molar-refractivity contribution is -0.116. The first kappa shape index (κ1) is 26.1. The molecule has 0 unspecified atom stereocenters. The number of rotatable bonds is 9. The van der Waals surface area contributed by atoms with E-state index in [4.69, 9.17) is 12.2 Å². The zero-order chi connectivity index (χ0) is 27.4. The van der Waals surface area contributed by atoms with Crippen LogP contribution >= 0.6 is 12.2 Å². The van der Waals surface area contributed by atoms with Gasteiger partial charge in [0.05, 0.1) is 23.3 Å². The van der Waals surface area contributed by atoms with Gasteiger partial charge in [0.25, 0.3) is 0 Å². The van der Waals surface area contributed by atoms with E-state index < -0.39 is 5.97 Å². The van der Waals surface area contributed by atoms with Gasteiger partial charge in [0.1, 0.15) is 0 Å². The van der Waals surface area contributed by atoms with Gasteiger partial charge in [-0.05, 0) is 72.7 Å². The first-order valence-electron chi connectivity index (χ1n) is 12.8. The molecule has 3 heterocycles. The highest BCUT2D eigenvalue weighted by Gasteiger charge is 2.41. The van der Waals surface area contributed by atoms with Gasteiger partial charge in [-0.15, -0.1) is 0 Å². The second kappa shape index (κ2) is 11.5. The number of para-hydroxylation sites is 1. The molecule has 1 aliphatic heterocycles. The number of aryl methyl sites for hydroxylation is 1. The number of aromatic nitrogens is 2. The fourth-order valence-electron chi connectivity index (χ4n) is 5.01. The van der Waals surface area contributed by atoms with E-state index in [1.165, 1.54) is 0 Å². The average molecular weight is 540 g/mol. The highest BCUT2D eigenvalue weighted by atomic mass is 32.1. The third-order valence-electron chi connectivity index (χ3n) is 6.90. The lowest BCUT2D eigenvalue weighted by atomic mass is 10.0. The van der Waals surface area contributed by atoms with Gasteiger partial charge in [-0.1, -0.05) is 37.3 Å².